The molecule has 0 atom stereocenters. The molecule has 0 unspecified atom stereocenters. The van der Waals surface area contributed by atoms with Crippen LogP contribution in [0.4, 0.5) is 18.7 Å². The summed E-state index contributed by atoms with van der Waals surface area (Å²) < 4.78 is 28.5. The number of hydrogen-bond donors (Lipinski definition) is 2. The highest BCUT2D eigenvalue weighted by Crippen LogP contribution is 2.27. The zero-order valence-electron chi connectivity index (χ0n) is 11.2. The molecular formula is C13H8F2N4O3S. The van der Waals surface area contributed by atoms with Crippen LogP contribution < -0.4 is 10.1 Å². The average molecular weight is 338 g/mol. The van der Waals surface area contributed by atoms with Gasteiger partial charge in [0.05, 0.1) is 11.9 Å². The molecule has 118 valence electrons. The van der Waals surface area contributed by atoms with Crippen LogP contribution in [0.5, 0.6) is 5.75 Å². The number of nitrogens with zero attached hydrogens (tertiary/aromatic N) is 3. The van der Waals surface area contributed by atoms with Crippen molar-refractivity contribution in [3.05, 3.63) is 30.5 Å². The van der Waals surface area contributed by atoms with Gasteiger partial charge in [0.15, 0.2) is 15.6 Å². The Morgan fingerprint density at radius 3 is 2.65 bits per heavy atom. The standard InChI is InChI=1S/C13H8F2N4O3S/c14-11(15)22-7-3-1-6(2-4-7)8-5-16-9-10(17-8)23-12(18-9)19-13(20)21/h1-5,11H,(H,20,21)(H,16,18,19). The van der Waals surface area contributed by atoms with E-state index in [0.717, 1.165) is 11.3 Å². The van der Waals surface area contributed by atoms with Crippen LogP contribution >= 0.6 is 11.3 Å². The first-order valence-corrected chi connectivity index (χ1v) is 7.02. The number of halogens is 2. The molecule has 0 spiro atoms. The first kappa shape index (κ1) is 15.0. The van der Waals surface area contributed by atoms with Crippen molar-refractivity contribution in [3.63, 3.8) is 0 Å². The fraction of sp³-hybridized carbons (Fsp3) is 0.0769. The SMILES string of the molecule is O=C(O)Nc1nc2ncc(-c3ccc(OC(F)F)cc3)nc2s1. The van der Waals surface area contributed by atoms with Gasteiger partial charge < -0.3 is 9.84 Å². The van der Waals surface area contributed by atoms with Crippen LogP contribution in [-0.4, -0.2) is 32.8 Å². The fourth-order valence-electron chi connectivity index (χ4n) is 1.81. The van der Waals surface area contributed by atoms with Crippen molar-refractivity contribution in [1.29, 1.82) is 0 Å². The Hall–Kier alpha value is -2.88. The van der Waals surface area contributed by atoms with Gasteiger partial charge in [0.2, 0.25) is 0 Å². The Bertz CT molecular complexity index is 854. The van der Waals surface area contributed by atoms with Crippen LogP contribution in [0.3, 0.4) is 0 Å². The molecule has 23 heavy (non-hydrogen) atoms. The number of carboxylic acid groups (broad SMARTS) is 1. The Kier molecular flexibility index (Phi) is 3.98. The normalized spacial score (nSPS) is 10.9. The highest BCUT2D eigenvalue weighted by molar-refractivity contribution is 7.21. The van der Waals surface area contributed by atoms with Crippen LogP contribution in [0.15, 0.2) is 30.5 Å². The molecule has 10 heteroatoms. The minimum Gasteiger partial charge on any atom is -0.465 e. The largest absolute Gasteiger partial charge is 0.465 e. The lowest BCUT2D eigenvalue weighted by Crippen LogP contribution is -2.06. The van der Waals surface area contributed by atoms with E-state index in [-0.39, 0.29) is 10.9 Å². The third-order valence-corrected chi connectivity index (χ3v) is 3.57. The van der Waals surface area contributed by atoms with Gasteiger partial charge in [-0.1, -0.05) is 11.3 Å². The maximum atomic E-state index is 12.1. The monoisotopic (exact) mass is 338 g/mol. The van der Waals surface area contributed by atoms with Gasteiger partial charge in [-0.15, -0.1) is 0 Å². The number of anilines is 1. The van der Waals surface area contributed by atoms with Crippen LogP contribution in [0, 0.1) is 0 Å². The number of thiazole rings is 1. The second-order valence-corrected chi connectivity index (χ2v) is 5.21. The summed E-state index contributed by atoms with van der Waals surface area (Å²) in [5.41, 5.74) is 1.48. The number of benzene rings is 1. The summed E-state index contributed by atoms with van der Waals surface area (Å²) in [7, 11) is 0. The van der Waals surface area contributed by atoms with Crippen molar-refractivity contribution in [2.75, 3.05) is 5.32 Å². The number of amides is 1. The highest BCUT2D eigenvalue weighted by Gasteiger charge is 2.11. The molecule has 2 N–H and O–H groups in total. The van der Waals surface area contributed by atoms with E-state index in [4.69, 9.17) is 5.11 Å². The van der Waals surface area contributed by atoms with Crippen molar-refractivity contribution in [2.24, 2.45) is 0 Å². The van der Waals surface area contributed by atoms with Gasteiger partial charge in [0, 0.05) is 5.56 Å². The number of hydrogen-bond acceptors (Lipinski definition) is 6. The Balaban J connectivity index is 1.88. The molecule has 7 nitrogen and oxygen atoms in total. The van der Waals surface area contributed by atoms with Crippen molar-refractivity contribution in [1.82, 2.24) is 15.0 Å². The zero-order chi connectivity index (χ0) is 16.4. The number of ether oxygens (including phenoxy) is 1. The van der Waals surface area contributed by atoms with Crippen LogP contribution in [-0.2, 0) is 0 Å². The molecule has 0 bridgehead atoms. The molecule has 0 fully saturated rings. The number of fused-ring (bicyclic) bond motifs is 1. The van der Waals surface area contributed by atoms with Crippen molar-refractivity contribution >= 4 is 33.0 Å². The molecule has 3 rings (SSSR count). The Morgan fingerprint density at radius 2 is 2.00 bits per heavy atom. The predicted molar refractivity (Wildman–Crippen MR) is 78.9 cm³/mol. The third kappa shape index (κ3) is 3.48. The summed E-state index contributed by atoms with van der Waals surface area (Å²) in [5.74, 6) is 0.0449. The molecule has 3 aromatic rings. The Morgan fingerprint density at radius 1 is 1.26 bits per heavy atom. The maximum Gasteiger partial charge on any atom is 0.410 e. The second kappa shape index (κ2) is 6.08. The van der Waals surface area contributed by atoms with E-state index in [0.29, 0.717) is 21.7 Å². The summed E-state index contributed by atoms with van der Waals surface area (Å²) in [4.78, 5) is 23.5. The number of carbonyl (C=O) groups is 1. The minimum absolute atomic E-state index is 0.0449. The molecule has 0 radical (unpaired) electrons. The smallest absolute Gasteiger partial charge is 0.410 e. The first-order valence-electron chi connectivity index (χ1n) is 6.20. The molecule has 1 amide bonds. The van der Waals surface area contributed by atoms with Crippen LogP contribution in [0.25, 0.3) is 21.7 Å². The highest BCUT2D eigenvalue weighted by atomic mass is 32.1. The number of nitrogens with one attached hydrogen (secondary N) is 1. The lowest BCUT2D eigenvalue weighted by Gasteiger charge is -2.05. The van der Waals surface area contributed by atoms with Gasteiger partial charge in [0.1, 0.15) is 5.75 Å². The van der Waals surface area contributed by atoms with Gasteiger partial charge in [0.25, 0.3) is 0 Å². The predicted octanol–water partition coefficient (Wildman–Crippen LogP) is 3.44. The lowest BCUT2D eigenvalue weighted by atomic mass is 10.1. The topological polar surface area (TPSA) is 97.2 Å². The van der Waals surface area contributed by atoms with E-state index in [1.54, 1.807) is 12.1 Å². The number of alkyl halides is 2. The maximum absolute atomic E-state index is 12.1. The zero-order valence-corrected chi connectivity index (χ0v) is 12.1. The van der Waals surface area contributed by atoms with Gasteiger partial charge in [-0.05, 0) is 24.3 Å². The summed E-state index contributed by atoms with van der Waals surface area (Å²) in [6, 6.07) is 5.95. The van der Waals surface area contributed by atoms with Gasteiger partial charge in [-0.2, -0.15) is 13.8 Å². The second-order valence-electron chi connectivity index (χ2n) is 4.24. The van der Waals surface area contributed by atoms with Crippen molar-refractivity contribution in [2.45, 2.75) is 6.61 Å². The van der Waals surface area contributed by atoms with E-state index >= 15 is 0 Å². The molecule has 0 aliphatic heterocycles. The van der Waals surface area contributed by atoms with Crippen LogP contribution in [0.2, 0.25) is 0 Å². The summed E-state index contributed by atoms with van der Waals surface area (Å²) in [6.07, 6.45) is 0.245. The summed E-state index contributed by atoms with van der Waals surface area (Å²) in [6.45, 7) is -2.88. The van der Waals surface area contributed by atoms with Crippen LogP contribution in [0.1, 0.15) is 0 Å². The number of aromatic nitrogens is 3. The molecule has 2 aromatic heterocycles. The molecule has 0 aliphatic rings. The van der Waals surface area contributed by atoms with E-state index in [2.05, 4.69) is 25.0 Å². The molecule has 0 aliphatic carbocycles. The van der Waals surface area contributed by atoms with Crippen molar-refractivity contribution < 1.29 is 23.4 Å². The molecular weight excluding hydrogens is 330 g/mol. The molecule has 2 heterocycles. The Labute approximate surface area is 131 Å². The van der Waals surface area contributed by atoms with Gasteiger partial charge in [-0.3, -0.25) is 5.32 Å². The fourth-order valence-corrected chi connectivity index (χ4v) is 2.60. The molecule has 1 aromatic carbocycles. The van der Waals surface area contributed by atoms with E-state index in [1.807, 2.05) is 0 Å². The molecule has 0 saturated carbocycles. The summed E-state index contributed by atoms with van der Waals surface area (Å²) >= 11 is 1.05. The average Bonchev–Trinajstić information content (AvgIpc) is 2.87. The van der Waals surface area contributed by atoms with E-state index in [1.165, 1.54) is 18.3 Å². The molecule has 0 saturated heterocycles. The van der Waals surface area contributed by atoms with E-state index < -0.39 is 12.7 Å². The first-order chi connectivity index (χ1) is 11.0. The van der Waals surface area contributed by atoms with Gasteiger partial charge >= 0.3 is 12.7 Å². The lowest BCUT2D eigenvalue weighted by molar-refractivity contribution is -0.0498. The van der Waals surface area contributed by atoms with E-state index in [9.17, 15) is 13.6 Å². The van der Waals surface area contributed by atoms with Crippen molar-refractivity contribution in [3.8, 4) is 17.0 Å². The third-order valence-electron chi connectivity index (χ3n) is 2.71. The minimum atomic E-state index is -2.88. The summed E-state index contributed by atoms with van der Waals surface area (Å²) in [5, 5.41) is 11.0. The quantitative estimate of drug-likeness (QED) is 0.756. The van der Waals surface area contributed by atoms with Gasteiger partial charge in [-0.25, -0.2) is 14.8 Å². The number of rotatable bonds is 4.